The first kappa shape index (κ1) is 11.9. The van der Waals surface area contributed by atoms with Crippen LogP contribution in [0, 0.1) is 11.8 Å². The first-order chi connectivity index (χ1) is 8.70. The lowest BCUT2D eigenvalue weighted by atomic mass is 10.00. The Kier molecular flexibility index (Phi) is 2.99. The predicted octanol–water partition coefficient (Wildman–Crippen LogP) is 2.66. The maximum atomic E-state index is 9.35. The molecule has 0 aliphatic heterocycles. The summed E-state index contributed by atoms with van der Waals surface area (Å²) in [7, 11) is 0. The van der Waals surface area contributed by atoms with E-state index in [9.17, 15) is 5.11 Å². The molecule has 0 saturated heterocycles. The van der Waals surface area contributed by atoms with E-state index in [2.05, 4.69) is 21.5 Å². The number of nitrogens with zero attached hydrogens (tertiary/aromatic N) is 3. The zero-order chi connectivity index (χ0) is 12.7. The van der Waals surface area contributed by atoms with Gasteiger partial charge < -0.3 is 9.67 Å². The van der Waals surface area contributed by atoms with Crippen molar-refractivity contribution in [1.29, 1.82) is 0 Å². The van der Waals surface area contributed by atoms with Crippen LogP contribution in [0.2, 0.25) is 5.15 Å². The van der Waals surface area contributed by atoms with Crippen LogP contribution in [0.15, 0.2) is 18.6 Å². The van der Waals surface area contributed by atoms with E-state index in [1.165, 1.54) is 6.33 Å². The third kappa shape index (κ3) is 1.80. The summed E-state index contributed by atoms with van der Waals surface area (Å²) in [4.78, 5) is 8.32. The molecule has 3 rings (SSSR count). The van der Waals surface area contributed by atoms with Crippen molar-refractivity contribution in [3.05, 3.63) is 23.7 Å². The second kappa shape index (κ2) is 4.52. The van der Waals surface area contributed by atoms with Crippen LogP contribution in [-0.4, -0.2) is 26.2 Å². The number of aliphatic hydroxyl groups is 1. The molecule has 0 bridgehead atoms. The molecule has 2 aromatic rings. The van der Waals surface area contributed by atoms with Crippen LogP contribution in [0.25, 0.3) is 11.0 Å². The van der Waals surface area contributed by atoms with Gasteiger partial charge in [0.1, 0.15) is 17.1 Å². The van der Waals surface area contributed by atoms with Gasteiger partial charge >= 0.3 is 0 Å². The summed E-state index contributed by atoms with van der Waals surface area (Å²) >= 11 is 6.06. The largest absolute Gasteiger partial charge is 0.396 e. The maximum absolute atomic E-state index is 9.35. The molecule has 18 heavy (non-hydrogen) atoms. The average Bonchev–Trinajstić information content (AvgIpc) is 2.93. The molecular formula is C13H16ClN3O. The lowest BCUT2D eigenvalue weighted by Gasteiger charge is -2.13. The first-order valence-corrected chi connectivity index (χ1v) is 6.66. The average molecular weight is 266 g/mol. The van der Waals surface area contributed by atoms with Gasteiger partial charge in [-0.25, -0.2) is 9.97 Å². The topological polar surface area (TPSA) is 50.9 Å². The van der Waals surface area contributed by atoms with Crippen molar-refractivity contribution < 1.29 is 5.11 Å². The number of rotatable bonds is 2. The summed E-state index contributed by atoms with van der Waals surface area (Å²) in [6, 6.07) is 2.37. The van der Waals surface area contributed by atoms with Gasteiger partial charge in [0, 0.05) is 18.8 Å². The summed E-state index contributed by atoms with van der Waals surface area (Å²) < 4.78 is 2.18. The van der Waals surface area contributed by atoms with Crippen LogP contribution < -0.4 is 0 Å². The minimum atomic E-state index is 0.270. The predicted molar refractivity (Wildman–Crippen MR) is 70.5 cm³/mol. The van der Waals surface area contributed by atoms with E-state index in [0.29, 0.717) is 23.0 Å². The van der Waals surface area contributed by atoms with Crippen LogP contribution in [0.1, 0.15) is 25.8 Å². The van der Waals surface area contributed by atoms with E-state index in [-0.39, 0.29) is 6.61 Å². The van der Waals surface area contributed by atoms with E-state index < -0.39 is 0 Å². The number of halogens is 1. The monoisotopic (exact) mass is 265 g/mol. The van der Waals surface area contributed by atoms with E-state index in [0.717, 1.165) is 23.9 Å². The van der Waals surface area contributed by atoms with Crippen molar-refractivity contribution >= 4 is 22.6 Å². The second-order valence-corrected chi connectivity index (χ2v) is 5.53. The molecule has 1 fully saturated rings. The Morgan fingerprint density at radius 3 is 3.00 bits per heavy atom. The van der Waals surface area contributed by atoms with Gasteiger partial charge in [0.2, 0.25) is 0 Å². The lowest BCUT2D eigenvalue weighted by molar-refractivity contribution is 0.200. The smallest absolute Gasteiger partial charge is 0.145 e. The fraction of sp³-hybridized carbons (Fsp3) is 0.538. The van der Waals surface area contributed by atoms with Gasteiger partial charge in [-0.2, -0.15) is 0 Å². The Labute approximate surface area is 111 Å². The van der Waals surface area contributed by atoms with Crippen LogP contribution in [0.3, 0.4) is 0 Å². The Balaban J connectivity index is 1.99. The highest BCUT2D eigenvalue weighted by molar-refractivity contribution is 6.33. The zero-order valence-corrected chi connectivity index (χ0v) is 11.0. The quantitative estimate of drug-likeness (QED) is 0.850. The number of aromatic nitrogens is 3. The molecule has 0 amide bonds. The molecule has 1 aliphatic carbocycles. The van der Waals surface area contributed by atoms with Crippen molar-refractivity contribution in [2.24, 2.45) is 11.8 Å². The molecule has 0 aromatic carbocycles. The van der Waals surface area contributed by atoms with Crippen molar-refractivity contribution in [3.8, 4) is 0 Å². The van der Waals surface area contributed by atoms with Crippen molar-refractivity contribution in [2.45, 2.75) is 25.8 Å². The maximum Gasteiger partial charge on any atom is 0.145 e. The summed E-state index contributed by atoms with van der Waals surface area (Å²) in [5, 5.41) is 10.8. The third-order valence-corrected chi connectivity index (χ3v) is 4.41. The summed E-state index contributed by atoms with van der Waals surface area (Å²) in [6.07, 6.45) is 5.62. The van der Waals surface area contributed by atoms with E-state index in [1.807, 2.05) is 12.3 Å². The molecule has 1 N–H and O–H groups in total. The van der Waals surface area contributed by atoms with E-state index in [1.54, 1.807) is 0 Å². The molecule has 2 heterocycles. The summed E-state index contributed by atoms with van der Waals surface area (Å²) in [5.41, 5.74) is 0.894. The summed E-state index contributed by atoms with van der Waals surface area (Å²) in [6.45, 7) is 2.47. The van der Waals surface area contributed by atoms with Crippen LogP contribution >= 0.6 is 11.6 Å². The van der Waals surface area contributed by atoms with Gasteiger partial charge in [-0.1, -0.05) is 18.5 Å². The Morgan fingerprint density at radius 2 is 2.28 bits per heavy atom. The van der Waals surface area contributed by atoms with Crippen LogP contribution in [-0.2, 0) is 0 Å². The van der Waals surface area contributed by atoms with E-state index in [4.69, 9.17) is 11.6 Å². The zero-order valence-electron chi connectivity index (χ0n) is 10.3. The SMILES string of the molecule is C[C@H]1C[C@H](n2ccc3c(Cl)ncnc32)C[C@H]1CO. The molecule has 1 saturated carbocycles. The Hall–Kier alpha value is -1.13. The van der Waals surface area contributed by atoms with Gasteiger partial charge in [0.25, 0.3) is 0 Å². The Morgan fingerprint density at radius 1 is 1.44 bits per heavy atom. The highest BCUT2D eigenvalue weighted by atomic mass is 35.5. The third-order valence-electron chi connectivity index (χ3n) is 4.11. The summed E-state index contributed by atoms with van der Waals surface area (Å²) in [5.74, 6) is 0.944. The van der Waals surface area contributed by atoms with Gasteiger partial charge in [0.05, 0.1) is 5.39 Å². The van der Waals surface area contributed by atoms with Gasteiger partial charge in [0.15, 0.2) is 0 Å². The molecule has 0 unspecified atom stereocenters. The molecule has 4 nitrogen and oxygen atoms in total. The molecule has 1 aliphatic rings. The van der Waals surface area contributed by atoms with E-state index >= 15 is 0 Å². The van der Waals surface area contributed by atoms with Crippen LogP contribution in [0.5, 0.6) is 0 Å². The van der Waals surface area contributed by atoms with Crippen molar-refractivity contribution in [3.63, 3.8) is 0 Å². The Bertz CT molecular complexity index is 568. The van der Waals surface area contributed by atoms with Crippen molar-refractivity contribution in [2.75, 3.05) is 6.61 Å². The highest BCUT2D eigenvalue weighted by Crippen LogP contribution is 2.40. The van der Waals surface area contributed by atoms with Crippen molar-refractivity contribution in [1.82, 2.24) is 14.5 Å². The molecule has 5 heteroatoms. The van der Waals surface area contributed by atoms with Gasteiger partial charge in [-0.15, -0.1) is 0 Å². The molecule has 0 radical (unpaired) electrons. The fourth-order valence-electron chi connectivity index (χ4n) is 3.02. The molecule has 2 aromatic heterocycles. The number of hydrogen-bond donors (Lipinski definition) is 1. The minimum absolute atomic E-state index is 0.270. The number of fused-ring (bicyclic) bond motifs is 1. The van der Waals surface area contributed by atoms with Gasteiger partial charge in [-0.05, 0) is 30.7 Å². The van der Waals surface area contributed by atoms with Crippen LogP contribution in [0.4, 0.5) is 0 Å². The molecule has 0 spiro atoms. The molecular weight excluding hydrogens is 250 g/mol. The number of aliphatic hydroxyl groups excluding tert-OH is 1. The normalized spacial score (nSPS) is 28.1. The standard InChI is InChI=1S/C13H16ClN3O/c1-8-4-10(5-9(8)6-18)17-3-2-11-12(14)15-7-16-13(11)17/h2-3,7-10,18H,4-6H2,1H3/t8-,9-,10-/m0/s1. The first-order valence-electron chi connectivity index (χ1n) is 6.28. The molecule has 96 valence electrons. The highest BCUT2D eigenvalue weighted by Gasteiger charge is 2.32. The second-order valence-electron chi connectivity index (χ2n) is 5.17. The molecule has 3 atom stereocenters. The number of hydrogen-bond acceptors (Lipinski definition) is 3. The van der Waals surface area contributed by atoms with Gasteiger partial charge in [-0.3, -0.25) is 0 Å². The lowest BCUT2D eigenvalue weighted by Crippen LogP contribution is -2.08. The minimum Gasteiger partial charge on any atom is -0.396 e. The fourth-order valence-corrected chi connectivity index (χ4v) is 3.21.